The Balaban J connectivity index is 1.74. The molecule has 2 rings (SSSR count). The number of hydrogen-bond donors (Lipinski definition) is 3. The number of benzene rings is 2. The van der Waals surface area contributed by atoms with Crippen molar-refractivity contribution in [3.05, 3.63) is 107 Å². The van der Waals surface area contributed by atoms with Gasteiger partial charge in [0.15, 0.2) is 0 Å². The normalized spacial score (nSPS) is 11.6. The second kappa shape index (κ2) is 16.4. The van der Waals surface area contributed by atoms with Gasteiger partial charge in [-0.15, -0.1) is 25.3 Å². The van der Waals surface area contributed by atoms with Gasteiger partial charge in [-0.2, -0.15) is 0 Å². The van der Waals surface area contributed by atoms with Crippen LogP contribution in [-0.4, -0.2) is 25.2 Å². The average Bonchev–Trinajstić information content (AvgIpc) is 2.88. The molecule has 0 aromatic heterocycles. The molecule has 0 aliphatic carbocycles. The highest BCUT2D eigenvalue weighted by Gasteiger charge is 2.02. The molecule has 0 radical (unpaired) electrons. The maximum absolute atomic E-state index is 11.1. The molecular formula is C26H27NO4S4. The van der Waals surface area contributed by atoms with E-state index in [0.29, 0.717) is 26.1 Å². The predicted molar refractivity (Wildman–Crippen MR) is 155 cm³/mol. The molecule has 0 aliphatic heterocycles. The Bertz CT molecular complexity index is 978. The van der Waals surface area contributed by atoms with Crippen molar-refractivity contribution >= 4 is 70.9 Å². The van der Waals surface area contributed by atoms with Gasteiger partial charge < -0.3 is 9.47 Å². The number of carbonyl (C=O) groups is 2. The number of thiol groups is 2. The minimum Gasteiger partial charge on any atom is -0.462 e. The zero-order chi connectivity index (χ0) is 25.5. The molecule has 0 fully saturated rings. The lowest BCUT2D eigenvalue weighted by molar-refractivity contribution is -0.138. The van der Waals surface area contributed by atoms with Crippen molar-refractivity contribution in [2.45, 2.75) is 12.8 Å². The van der Waals surface area contributed by atoms with Crippen LogP contribution in [0.15, 0.2) is 84.7 Å². The van der Waals surface area contributed by atoms with Crippen molar-refractivity contribution in [3.8, 4) is 0 Å². The summed E-state index contributed by atoms with van der Waals surface area (Å²) in [4.78, 5) is 23.8. The minimum atomic E-state index is -0.414. The van der Waals surface area contributed by atoms with Crippen LogP contribution < -0.4 is 4.13 Å². The van der Waals surface area contributed by atoms with Crippen molar-refractivity contribution in [1.29, 1.82) is 0 Å². The Kier molecular flexibility index (Phi) is 13.5. The molecule has 2 aromatic carbocycles. The lowest BCUT2D eigenvalue weighted by atomic mass is 10.1. The van der Waals surface area contributed by atoms with Crippen LogP contribution in [-0.2, 0) is 31.9 Å². The van der Waals surface area contributed by atoms with Crippen LogP contribution >= 0.6 is 49.2 Å². The molecule has 0 unspecified atom stereocenters. The number of rotatable bonds is 14. The highest BCUT2D eigenvalue weighted by atomic mass is 32.2. The summed E-state index contributed by atoms with van der Waals surface area (Å²) in [6.07, 6.45) is 3.60. The zero-order valence-corrected chi connectivity index (χ0v) is 22.4. The molecule has 2 aromatic rings. The molecule has 9 heteroatoms. The first kappa shape index (κ1) is 28.9. The van der Waals surface area contributed by atoms with E-state index in [9.17, 15) is 9.59 Å². The molecule has 0 bridgehead atoms. The summed E-state index contributed by atoms with van der Waals surface area (Å²) >= 11 is 12.0. The third-order valence-corrected chi connectivity index (χ3v) is 7.14. The Hall–Kier alpha value is -2.30. The SMILES string of the molecule is C=CC(=O)OCCc1ccc(/C(S)=C/SNS/C=C(\S)c2ccc(CCOC(=O)C=C)cc2)cc1. The molecule has 0 spiro atoms. The third kappa shape index (κ3) is 11.3. The van der Waals surface area contributed by atoms with Crippen LogP contribution in [0.4, 0.5) is 0 Å². The maximum atomic E-state index is 11.1. The average molecular weight is 546 g/mol. The molecule has 0 amide bonds. The summed E-state index contributed by atoms with van der Waals surface area (Å²) in [5.41, 5.74) is 4.13. The fourth-order valence-corrected chi connectivity index (χ4v) is 4.38. The third-order valence-electron chi connectivity index (χ3n) is 4.54. The summed E-state index contributed by atoms with van der Waals surface area (Å²) in [5, 5.41) is 3.83. The zero-order valence-electron chi connectivity index (χ0n) is 19.0. The smallest absolute Gasteiger partial charge is 0.330 e. The number of hydrogen-bond acceptors (Lipinski definition) is 9. The van der Waals surface area contributed by atoms with Crippen molar-refractivity contribution in [3.63, 3.8) is 0 Å². The second-order valence-corrected chi connectivity index (χ2v) is 9.54. The van der Waals surface area contributed by atoms with Crippen LogP contribution in [0.1, 0.15) is 22.3 Å². The Morgan fingerprint density at radius 1 is 0.743 bits per heavy atom. The highest BCUT2D eigenvalue weighted by Crippen LogP contribution is 2.25. The molecule has 0 aliphatic rings. The Morgan fingerprint density at radius 3 is 1.46 bits per heavy atom. The molecule has 0 heterocycles. The van der Waals surface area contributed by atoms with Crippen LogP contribution in [0, 0.1) is 0 Å². The molecule has 184 valence electrons. The number of carbonyl (C=O) groups excluding carboxylic acids is 2. The van der Waals surface area contributed by atoms with Gasteiger partial charge in [0.25, 0.3) is 0 Å². The van der Waals surface area contributed by atoms with Crippen molar-refractivity contribution in [2.24, 2.45) is 0 Å². The van der Waals surface area contributed by atoms with E-state index in [-0.39, 0.29) is 0 Å². The van der Waals surface area contributed by atoms with Crippen LogP contribution in [0.2, 0.25) is 0 Å². The molecular weight excluding hydrogens is 519 g/mol. The molecule has 35 heavy (non-hydrogen) atoms. The fourth-order valence-electron chi connectivity index (χ4n) is 2.66. The summed E-state index contributed by atoms with van der Waals surface area (Å²) in [6.45, 7) is 7.39. The fraction of sp³-hybridized carbons (Fsp3) is 0.154. The predicted octanol–water partition coefficient (Wildman–Crippen LogP) is 6.27. The van der Waals surface area contributed by atoms with Crippen LogP contribution in [0.25, 0.3) is 9.81 Å². The number of esters is 2. The summed E-state index contributed by atoms with van der Waals surface area (Å²) < 4.78 is 13.2. The molecule has 0 saturated heterocycles. The number of nitrogens with one attached hydrogen (secondary N) is 1. The molecule has 0 atom stereocenters. The van der Waals surface area contributed by atoms with Gasteiger partial charge in [-0.25, -0.2) is 13.7 Å². The van der Waals surface area contributed by atoms with E-state index in [0.717, 1.165) is 44.2 Å². The Labute approximate surface area is 226 Å². The summed E-state index contributed by atoms with van der Waals surface area (Å²) in [7, 11) is 0. The maximum Gasteiger partial charge on any atom is 0.330 e. The topological polar surface area (TPSA) is 64.6 Å². The summed E-state index contributed by atoms with van der Waals surface area (Å²) in [5.74, 6) is -0.828. The van der Waals surface area contributed by atoms with Crippen LogP contribution in [0.5, 0.6) is 0 Å². The van der Waals surface area contributed by atoms with Crippen LogP contribution in [0.3, 0.4) is 0 Å². The van der Waals surface area contributed by atoms with E-state index in [4.69, 9.17) is 9.47 Å². The van der Waals surface area contributed by atoms with Gasteiger partial charge >= 0.3 is 11.9 Å². The van der Waals surface area contributed by atoms with Gasteiger partial charge in [0.05, 0.1) is 13.2 Å². The van der Waals surface area contributed by atoms with Gasteiger partial charge in [-0.05, 0) is 46.1 Å². The molecule has 0 saturated carbocycles. The van der Waals surface area contributed by atoms with Crippen molar-refractivity contribution < 1.29 is 19.1 Å². The van der Waals surface area contributed by atoms with Gasteiger partial charge in [-0.3, -0.25) is 0 Å². The first-order valence-electron chi connectivity index (χ1n) is 10.5. The Morgan fingerprint density at radius 2 is 1.11 bits per heavy atom. The monoisotopic (exact) mass is 545 g/mol. The highest BCUT2D eigenvalue weighted by molar-refractivity contribution is 8.16. The summed E-state index contributed by atoms with van der Waals surface area (Å²) in [6, 6.07) is 15.9. The quantitative estimate of drug-likeness (QED) is 0.0850. The van der Waals surface area contributed by atoms with Gasteiger partial charge in [0, 0.05) is 45.6 Å². The lowest BCUT2D eigenvalue weighted by Crippen LogP contribution is -2.04. The van der Waals surface area contributed by atoms with Gasteiger partial charge in [-0.1, -0.05) is 61.7 Å². The standard InChI is InChI=1S/C26H27NO4S4/c1-3-25(28)30-15-13-19-5-9-21(10-6-19)23(32)17-34-27-35-18-24(33)22-11-7-20(8-12-22)14-16-31-26(29)4-2/h3-12,17-18,27,32-33H,1-2,13-16H2/b23-17-,24-18-. The van der Waals surface area contributed by atoms with E-state index in [1.807, 2.05) is 59.3 Å². The van der Waals surface area contributed by atoms with Crippen molar-refractivity contribution in [1.82, 2.24) is 4.13 Å². The lowest BCUT2D eigenvalue weighted by Gasteiger charge is -2.06. The minimum absolute atomic E-state index is 0.322. The van der Waals surface area contributed by atoms with Gasteiger partial charge in [0.1, 0.15) is 0 Å². The number of ether oxygens (including phenoxy) is 2. The van der Waals surface area contributed by atoms with E-state index in [1.54, 1.807) is 0 Å². The second-order valence-electron chi connectivity index (χ2n) is 6.96. The van der Waals surface area contributed by atoms with E-state index in [2.05, 4.69) is 42.5 Å². The molecule has 1 N–H and O–H groups in total. The van der Waals surface area contributed by atoms with Gasteiger partial charge in [0.2, 0.25) is 0 Å². The van der Waals surface area contributed by atoms with E-state index < -0.39 is 11.9 Å². The molecule has 5 nitrogen and oxygen atoms in total. The van der Waals surface area contributed by atoms with Crippen molar-refractivity contribution in [2.75, 3.05) is 13.2 Å². The van der Waals surface area contributed by atoms with E-state index >= 15 is 0 Å². The first-order valence-corrected chi connectivity index (χ1v) is 13.2. The first-order chi connectivity index (χ1) is 16.9. The van der Waals surface area contributed by atoms with E-state index in [1.165, 1.54) is 23.9 Å². The largest absolute Gasteiger partial charge is 0.462 e.